The SMILES string of the molecule is Cc1cc(Br)cc(NCc2cc3c(cc2Br)OCO3)c1. The van der Waals surface area contributed by atoms with E-state index in [9.17, 15) is 0 Å². The van der Waals surface area contributed by atoms with E-state index in [1.54, 1.807) is 0 Å². The minimum Gasteiger partial charge on any atom is -0.454 e. The summed E-state index contributed by atoms with van der Waals surface area (Å²) in [6, 6.07) is 10.2. The van der Waals surface area contributed by atoms with Crippen molar-refractivity contribution in [3.8, 4) is 11.5 Å². The number of nitrogens with one attached hydrogen (secondary N) is 1. The van der Waals surface area contributed by atoms with Crippen molar-refractivity contribution in [2.45, 2.75) is 13.5 Å². The maximum Gasteiger partial charge on any atom is 0.231 e. The summed E-state index contributed by atoms with van der Waals surface area (Å²) < 4.78 is 12.8. The van der Waals surface area contributed by atoms with Crippen molar-refractivity contribution in [3.05, 3.63) is 50.4 Å². The van der Waals surface area contributed by atoms with Crippen LogP contribution in [-0.2, 0) is 6.54 Å². The summed E-state index contributed by atoms with van der Waals surface area (Å²) in [6.07, 6.45) is 0. The molecular weight excluding hydrogens is 386 g/mol. The fourth-order valence-electron chi connectivity index (χ4n) is 2.13. The fraction of sp³-hybridized carbons (Fsp3) is 0.200. The molecule has 0 aromatic heterocycles. The number of hydrogen-bond acceptors (Lipinski definition) is 3. The van der Waals surface area contributed by atoms with Crippen LogP contribution in [0.1, 0.15) is 11.1 Å². The van der Waals surface area contributed by atoms with Gasteiger partial charge in [-0.05, 0) is 48.4 Å². The van der Waals surface area contributed by atoms with Crippen LogP contribution in [0.2, 0.25) is 0 Å². The van der Waals surface area contributed by atoms with Crippen LogP contribution in [0.25, 0.3) is 0 Å². The summed E-state index contributed by atoms with van der Waals surface area (Å²) in [5.41, 5.74) is 3.43. The monoisotopic (exact) mass is 397 g/mol. The van der Waals surface area contributed by atoms with Crippen LogP contribution in [0.3, 0.4) is 0 Å². The van der Waals surface area contributed by atoms with Gasteiger partial charge in [-0.2, -0.15) is 0 Å². The topological polar surface area (TPSA) is 30.5 Å². The Labute approximate surface area is 134 Å². The van der Waals surface area contributed by atoms with Gasteiger partial charge >= 0.3 is 0 Å². The highest BCUT2D eigenvalue weighted by molar-refractivity contribution is 9.10. The highest BCUT2D eigenvalue weighted by Crippen LogP contribution is 2.37. The van der Waals surface area contributed by atoms with Gasteiger partial charge in [0.15, 0.2) is 11.5 Å². The molecule has 0 bridgehead atoms. The molecule has 3 nitrogen and oxygen atoms in total. The van der Waals surface area contributed by atoms with E-state index in [4.69, 9.17) is 9.47 Å². The van der Waals surface area contributed by atoms with Crippen LogP contribution in [0, 0.1) is 6.92 Å². The van der Waals surface area contributed by atoms with Gasteiger partial charge in [0.1, 0.15) is 0 Å². The van der Waals surface area contributed by atoms with Crippen molar-refractivity contribution >= 4 is 37.5 Å². The van der Waals surface area contributed by atoms with E-state index in [0.717, 1.165) is 31.7 Å². The number of hydrogen-bond donors (Lipinski definition) is 1. The van der Waals surface area contributed by atoms with Crippen LogP contribution in [0.15, 0.2) is 39.3 Å². The molecule has 1 aliphatic heterocycles. The Hall–Kier alpha value is -1.20. The highest BCUT2D eigenvalue weighted by Gasteiger charge is 2.16. The van der Waals surface area contributed by atoms with Crippen molar-refractivity contribution in [3.63, 3.8) is 0 Å². The van der Waals surface area contributed by atoms with Crippen molar-refractivity contribution in [1.29, 1.82) is 0 Å². The minimum absolute atomic E-state index is 0.295. The molecule has 2 aromatic rings. The lowest BCUT2D eigenvalue weighted by Crippen LogP contribution is -2.00. The molecule has 20 heavy (non-hydrogen) atoms. The number of aryl methyl sites for hydroxylation is 1. The van der Waals surface area contributed by atoms with E-state index in [0.29, 0.717) is 13.3 Å². The first-order valence-corrected chi connectivity index (χ1v) is 7.79. The molecular formula is C15H13Br2NO2. The lowest BCUT2D eigenvalue weighted by atomic mass is 10.2. The Bertz CT molecular complexity index is 638. The number of halogens is 2. The Morgan fingerprint density at radius 3 is 2.55 bits per heavy atom. The van der Waals surface area contributed by atoms with E-state index < -0.39 is 0 Å². The molecule has 0 fully saturated rings. The Balaban J connectivity index is 1.78. The molecule has 0 saturated carbocycles. The van der Waals surface area contributed by atoms with Crippen LogP contribution in [0.5, 0.6) is 11.5 Å². The number of fused-ring (bicyclic) bond motifs is 1. The number of anilines is 1. The molecule has 2 aromatic carbocycles. The van der Waals surface area contributed by atoms with E-state index in [1.807, 2.05) is 12.1 Å². The Kier molecular flexibility index (Phi) is 3.89. The van der Waals surface area contributed by atoms with Gasteiger partial charge in [-0.15, -0.1) is 0 Å². The van der Waals surface area contributed by atoms with Gasteiger partial charge in [0, 0.05) is 21.2 Å². The smallest absolute Gasteiger partial charge is 0.231 e. The molecule has 3 rings (SSSR count). The second kappa shape index (κ2) is 5.66. The molecule has 0 radical (unpaired) electrons. The van der Waals surface area contributed by atoms with Gasteiger partial charge < -0.3 is 14.8 Å². The first-order valence-electron chi connectivity index (χ1n) is 6.21. The maximum atomic E-state index is 5.41. The number of rotatable bonds is 3. The van der Waals surface area contributed by atoms with Gasteiger partial charge in [0.05, 0.1) is 0 Å². The van der Waals surface area contributed by atoms with E-state index in [-0.39, 0.29) is 0 Å². The van der Waals surface area contributed by atoms with Crippen LogP contribution in [-0.4, -0.2) is 6.79 Å². The molecule has 0 atom stereocenters. The third-order valence-corrected chi connectivity index (χ3v) is 4.26. The first kappa shape index (κ1) is 13.8. The van der Waals surface area contributed by atoms with Gasteiger partial charge in [0.25, 0.3) is 0 Å². The molecule has 0 saturated heterocycles. The van der Waals surface area contributed by atoms with Gasteiger partial charge in [-0.1, -0.05) is 31.9 Å². The third-order valence-electron chi connectivity index (χ3n) is 3.07. The second-order valence-corrected chi connectivity index (χ2v) is 6.44. The quantitative estimate of drug-likeness (QED) is 0.800. The summed E-state index contributed by atoms with van der Waals surface area (Å²) >= 11 is 7.08. The molecule has 0 unspecified atom stereocenters. The van der Waals surface area contributed by atoms with Crippen molar-refractivity contribution in [2.24, 2.45) is 0 Å². The number of ether oxygens (including phenoxy) is 2. The zero-order valence-electron chi connectivity index (χ0n) is 10.9. The predicted molar refractivity (Wildman–Crippen MR) is 86.5 cm³/mol. The summed E-state index contributed by atoms with van der Waals surface area (Å²) in [6.45, 7) is 3.09. The molecule has 0 spiro atoms. The molecule has 1 heterocycles. The van der Waals surface area contributed by atoms with Gasteiger partial charge in [0.2, 0.25) is 6.79 Å². The standard InChI is InChI=1S/C15H13Br2NO2/c1-9-2-11(16)5-12(3-9)18-7-10-4-14-15(6-13(10)17)20-8-19-14/h2-6,18H,7-8H2,1H3. The molecule has 1 N–H and O–H groups in total. The molecule has 5 heteroatoms. The zero-order valence-corrected chi connectivity index (χ0v) is 14.0. The van der Waals surface area contributed by atoms with Crippen molar-refractivity contribution < 1.29 is 9.47 Å². The lowest BCUT2D eigenvalue weighted by Gasteiger charge is -2.10. The summed E-state index contributed by atoms with van der Waals surface area (Å²) in [5.74, 6) is 1.59. The van der Waals surface area contributed by atoms with Crippen LogP contribution >= 0.6 is 31.9 Å². The molecule has 1 aliphatic rings. The highest BCUT2D eigenvalue weighted by atomic mass is 79.9. The molecule has 0 aliphatic carbocycles. The normalized spacial score (nSPS) is 12.6. The first-order chi connectivity index (χ1) is 9.61. The summed E-state index contributed by atoms with van der Waals surface area (Å²) in [5, 5.41) is 3.42. The van der Waals surface area contributed by atoms with Crippen LogP contribution < -0.4 is 14.8 Å². The summed E-state index contributed by atoms with van der Waals surface area (Å²) in [4.78, 5) is 0. The second-order valence-electron chi connectivity index (χ2n) is 4.67. The van der Waals surface area contributed by atoms with Gasteiger partial charge in [-0.25, -0.2) is 0 Å². The van der Waals surface area contributed by atoms with E-state index in [2.05, 4.69) is 62.3 Å². The predicted octanol–water partition coefficient (Wildman–Crippen LogP) is 4.86. The molecule has 104 valence electrons. The maximum absolute atomic E-state index is 5.41. The Morgan fingerprint density at radius 1 is 1.05 bits per heavy atom. The van der Waals surface area contributed by atoms with E-state index in [1.165, 1.54) is 5.56 Å². The van der Waals surface area contributed by atoms with E-state index >= 15 is 0 Å². The third kappa shape index (κ3) is 2.94. The average molecular weight is 399 g/mol. The largest absolute Gasteiger partial charge is 0.454 e. The van der Waals surface area contributed by atoms with Crippen LogP contribution in [0.4, 0.5) is 5.69 Å². The van der Waals surface area contributed by atoms with Crippen molar-refractivity contribution in [2.75, 3.05) is 12.1 Å². The Morgan fingerprint density at radius 2 is 1.80 bits per heavy atom. The zero-order chi connectivity index (χ0) is 14.1. The van der Waals surface area contributed by atoms with Gasteiger partial charge in [-0.3, -0.25) is 0 Å². The lowest BCUT2D eigenvalue weighted by molar-refractivity contribution is 0.174. The number of benzene rings is 2. The minimum atomic E-state index is 0.295. The summed E-state index contributed by atoms with van der Waals surface area (Å²) in [7, 11) is 0. The van der Waals surface area contributed by atoms with Crippen molar-refractivity contribution in [1.82, 2.24) is 0 Å². The molecule has 0 amide bonds. The average Bonchev–Trinajstić information content (AvgIpc) is 2.81. The fourth-order valence-corrected chi connectivity index (χ4v) is 3.20.